The van der Waals surface area contributed by atoms with Gasteiger partial charge in [-0.15, -0.1) is 0 Å². The first-order valence-electron chi connectivity index (χ1n) is 8.46. The standard InChI is InChI=1S/C19H22N2O5S/c1-3-6-17(19(23)24)20-18(22)14-9-11-15(12-10-14)27(25,26)21-16-8-5-4-7-13(16)2/h4-5,7-12,17,21H,3,6H2,1-2H3,(H,20,22)(H,23,24). The van der Waals surface area contributed by atoms with Gasteiger partial charge >= 0.3 is 5.97 Å². The first-order valence-corrected chi connectivity index (χ1v) is 9.95. The molecule has 0 radical (unpaired) electrons. The quantitative estimate of drug-likeness (QED) is 0.641. The number of anilines is 1. The third-order valence-electron chi connectivity index (χ3n) is 4.00. The van der Waals surface area contributed by atoms with E-state index in [1.54, 1.807) is 25.1 Å². The highest BCUT2D eigenvalue weighted by molar-refractivity contribution is 7.92. The molecular formula is C19H22N2O5S. The Morgan fingerprint density at radius 1 is 1.07 bits per heavy atom. The molecule has 0 saturated carbocycles. The summed E-state index contributed by atoms with van der Waals surface area (Å²) in [6, 6.07) is 11.3. The summed E-state index contributed by atoms with van der Waals surface area (Å²) in [5.74, 6) is -1.67. The molecule has 0 fully saturated rings. The number of carbonyl (C=O) groups excluding carboxylic acids is 1. The summed E-state index contributed by atoms with van der Waals surface area (Å²) in [6.45, 7) is 3.61. The van der Waals surface area contributed by atoms with Gasteiger partial charge in [0.1, 0.15) is 6.04 Å². The molecule has 1 unspecified atom stereocenters. The van der Waals surface area contributed by atoms with Gasteiger partial charge in [-0.1, -0.05) is 31.5 Å². The van der Waals surface area contributed by atoms with E-state index in [0.29, 0.717) is 18.5 Å². The van der Waals surface area contributed by atoms with Crippen molar-refractivity contribution in [3.8, 4) is 0 Å². The maximum Gasteiger partial charge on any atom is 0.326 e. The molecule has 0 aliphatic carbocycles. The lowest BCUT2D eigenvalue weighted by Gasteiger charge is -2.14. The fraction of sp³-hybridized carbons (Fsp3) is 0.263. The van der Waals surface area contributed by atoms with E-state index < -0.39 is 27.9 Å². The Morgan fingerprint density at radius 3 is 2.26 bits per heavy atom. The van der Waals surface area contributed by atoms with Crippen LogP contribution >= 0.6 is 0 Å². The predicted molar refractivity (Wildman–Crippen MR) is 102 cm³/mol. The van der Waals surface area contributed by atoms with Crippen LogP contribution in [-0.4, -0.2) is 31.4 Å². The number of para-hydroxylation sites is 1. The van der Waals surface area contributed by atoms with Crippen molar-refractivity contribution in [1.29, 1.82) is 0 Å². The van der Waals surface area contributed by atoms with E-state index in [0.717, 1.165) is 5.56 Å². The van der Waals surface area contributed by atoms with E-state index >= 15 is 0 Å². The fourth-order valence-corrected chi connectivity index (χ4v) is 3.59. The van der Waals surface area contributed by atoms with Gasteiger partial charge in [0.25, 0.3) is 15.9 Å². The van der Waals surface area contributed by atoms with Crippen molar-refractivity contribution in [3.63, 3.8) is 0 Å². The SMILES string of the molecule is CCCC(NC(=O)c1ccc(S(=O)(=O)Nc2ccccc2C)cc1)C(=O)O. The van der Waals surface area contributed by atoms with Gasteiger partial charge in [-0.05, 0) is 49.2 Å². The second-order valence-electron chi connectivity index (χ2n) is 6.10. The monoisotopic (exact) mass is 390 g/mol. The third-order valence-corrected chi connectivity index (χ3v) is 5.38. The number of carbonyl (C=O) groups is 2. The summed E-state index contributed by atoms with van der Waals surface area (Å²) in [5.41, 5.74) is 1.45. The molecule has 2 aromatic rings. The molecule has 3 N–H and O–H groups in total. The van der Waals surface area contributed by atoms with Crippen LogP contribution in [0.3, 0.4) is 0 Å². The van der Waals surface area contributed by atoms with Crippen molar-refractivity contribution >= 4 is 27.6 Å². The van der Waals surface area contributed by atoms with Gasteiger partial charge in [0.05, 0.1) is 10.6 Å². The van der Waals surface area contributed by atoms with Crippen molar-refractivity contribution in [2.45, 2.75) is 37.6 Å². The molecule has 0 bridgehead atoms. The minimum absolute atomic E-state index is 0.00523. The lowest BCUT2D eigenvalue weighted by molar-refractivity contribution is -0.139. The first-order chi connectivity index (χ1) is 12.7. The maximum atomic E-state index is 12.5. The summed E-state index contributed by atoms with van der Waals surface area (Å²) < 4.78 is 27.5. The average Bonchev–Trinajstić information content (AvgIpc) is 2.63. The van der Waals surface area contributed by atoms with Crippen LogP contribution in [0.2, 0.25) is 0 Å². The van der Waals surface area contributed by atoms with E-state index in [4.69, 9.17) is 5.11 Å². The molecule has 144 valence electrons. The number of benzene rings is 2. The first kappa shape index (κ1) is 20.4. The van der Waals surface area contributed by atoms with Crippen LogP contribution in [-0.2, 0) is 14.8 Å². The number of aliphatic carboxylic acids is 1. The number of amides is 1. The molecule has 0 heterocycles. The number of hydrogen-bond acceptors (Lipinski definition) is 4. The zero-order valence-electron chi connectivity index (χ0n) is 15.1. The highest BCUT2D eigenvalue weighted by Gasteiger charge is 2.20. The molecule has 0 aliphatic rings. The van der Waals surface area contributed by atoms with Crippen LogP contribution in [0, 0.1) is 6.92 Å². The Morgan fingerprint density at radius 2 is 1.70 bits per heavy atom. The van der Waals surface area contributed by atoms with Crippen LogP contribution in [0.15, 0.2) is 53.4 Å². The van der Waals surface area contributed by atoms with Gasteiger partial charge in [-0.3, -0.25) is 9.52 Å². The van der Waals surface area contributed by atoms with Crippen LogP contribution in [0.5, 0.6) is 0 Å². The molecule has 0 aromatic heterocycles. The Hall–Kier alpha value is -2.87. The summed E-state index contributed by atoms with van der Waals surface area (Å²) in [7, 11) is -3.80. The lowest BCUT2D eigenvalue weighted by atomic mass is 10.1. The molecule has 1 amide bonds. The van der Waals surface area contributed by atoms with Gasteiger partial charge in [0.15, 0.2) is 0 Å². The highest BCUT2D eigenvalue weighted by atomic mass is 32.2. The zero-order valence-corrected chi connectivity index (χ0v) is 15.9. The largest absolute Gasteiger partial charge is 0.480 e. The Bertz CT molecular complexity index is 923. The number of rotatable bonds is 8. The molecule has 27 heavy (non-hydrogen) atoms. The van der Waals surface area contributed by atoms with Gasteiger partial charge < -0.3 is 10.4 Å². The smallest absolute Gasteiger partial charge is 0.326 e. The Kier molecular flexibility index (Phi) is 6.57. The van der Waals surface area contributed by atoms with E-state index in [2.05, 4.69) is 10.0 Å². The van der Waals surface area contributed by atoms with Gasteiger partial charge in [-0.25, -0.2) is 13.2 Å². The molecule has 1 atom stereocenters. The third kappa shape index (κ3) is 5.30. The summed E-state index contributed by atoms with van der Waals surface area (Å²) >= 11 is 0. The number of aryl methyl sites for hydroxylation is 1. The van der Waals surface area contributed by atoms with Crippen molar-refractivity contribution in [2.75, 3.05) is 4.72 Å². The van der Waals surface area contributed by atoms with Crippen molar-refractivity contribution in [2.24, 2.45) is 0 Å². The summed E-state index contributed by atoms with van der Waals surface area (Å²) in [5, 5.41) is 11.5. The van der Waals surface area contributed by atoms with E-state index in [9.17, 15) is 18.0 Å². The normalized spacial score (nSPS) is 12.2. The maximum absolute atomic E-state index is 12.5. The molecule has 8 heteroatoms. The number of carboxylic acids is 1. The molecule has 2 rings (SSSR count). The Balaban J connectivity index is 2.15. The van der Waals surface area contributed by atoms with Crippen LogP contribution in [0.1, 0.15) is 35.7 Å². The number of sulfonamides is 1. The predicted octanol–water partition coefficient (Wildman–Crippen LogP) is 2.78. The van der Waals surface area contributed by atoms with E-state index in [-0.39, 0.29) is 10.5 Å². The number of hydrogen-bond donors (Lipinski definition) is 3. The van der Waals surface area contributed by atoms with Gasteiger partial charge in [0, 0.05) is 5.56 Å². The summed E-state index contributed by atoms with van der Waals surface area (Å²) in [6.07, 6.45) is 0.923. The molecule has 0 spiro atoms. The number of carboxylic acid groups (broad SMARTS) is 1. The van der Waals surface area contributed by atoms with Gasteiger partial charge in [0.2, 0.25) is 0 Å². The van der Waals surface area contributed by atoms with E-state index in [1.807, 2.05) is 13.0 Å². The van der Waals surface area contributed by atoms with Crippen LogP contribution < -0.4 is 10.0 Å². The van der Waals surface area contributed by atoms with E-state index in [1.165, 1.54) is 24.3 Å². The summed E-state index contributed by atoms with van der Waals surface area (Å²) in [4.78, 5) is 23.3. The second-order valence-corrected chi connectivity index (χ2v) is 7.78. The van der Waals surface area contributed by atoms with Crippen LogP contribution in [0.25, 0.3) is 0 Å². The minimum Gasteiger partial charge on any atom is -0.480 e. The highest BCUT2D eigenvalue weighted by Crippen LogP contribution is 2.19. The van der Waals surface area contributed by atoms with Crippen molar-refractivity contribution in [1.82, 2.24) is 5.32 Å². The molecule has 0 aliphatic heterocycles. The second kappa shape index (κ2) is 8.68. The lowest BCUT2D eigenvalue weighted by Crippen LogP contribution is -2.40. The zero-order chi connectivity index (χ0) is 20.0. The molecule has 0 saturated heterocycles. The van der Waals surface area contributed by atoms with Gasteiger partial charge in [-0.2, -0.15) is 0 Å². The average molecular weight is 390 g/mol. The molecule has 2 aromatic carbocycles. The Labute approximate surface area is 158 Å². The fourth-order valence-electron chi connectivity index (χ4n) is 2.46. The number of nitrogens with one attached hydrogen (secondary N) is 2. The topological polar surface area (TPSA) is 113 Å². The van der Waals surface area contributed by atoms with Crippen LogP contribution in [0.4, 0.5) is 5.69 Å². The minimum atomic E-state index is -3.80. The molecule has 7 nitrogen and oxygen atoms in total. The molecular weight excluding hydrogens is 368 g/mol. The van der Waals surface area contributed by atoms with Crippen molar-refractivity contribution in [3.05, 3.63) is 59.7 Å². The van der Waals surface area contributed by atoms with Crippen molar-refractivity contribution < 1.29 is 23.1 Å².